The molecule has 0 unspecified atom stereocenters. The molecule has 1 N–H and O–H groups in total. The Morgan fingerprint density at radius 3 is 2.70 bits per heavy atom. The van der Waals surface area contributed by atoms with Crippen molar-refractivity contribution < 1.29 is 8.42 Å². The normalized spacial score (nSPS) is 11.9. The number of anilines is 1. The minimum Gasteiger partial charge on any atom is -0.378 e. The van der Waals surface area contributed by atoms with Crippen LogP contribution in [0.15, 0.2) is 35.5 Å². The molecule has 8 heteroatoms. The van der Waals surface area contributed by atoms with E-state index >= 15 is 0 Å². The van der Waals surface area contributed by atoms with Gasteiger partial charge in [0.2, 0.25) is 10.0 Å². The average molecular weight is 337 g/mol. The Morgan fingerprint density at radius 1 is 1.30 bits per heavy atom. The van der Waals surface area contributed by atoms with Crippen LogP contribution in [-0.4, -0.2) is 43.8 Å². The third-order valence-corrected chi connectivity index (χ3v) is 4.91. The molecule has 0 fully saturated rings. The van der Waals surface area contributed by atoms with Gasteiger partial charge in [-0.2, -0.15) is 0 Å². The van der Waals surface area contributed by atoms with E-state index in [4.69, 9.17) is 0 Å². The zero-order chi connectivity index (χ0) is 17.0. The van der Waals surface area contributed by atoms with Crippen LogP contribution in [0.1, 0.15) is 25.6 Å². The maximum absolute atomic E-state index is 12.4. The molecule has 0 saturated carbocycles. The van der Waals surface area contributed by atoms with Gasteiger partial charge in [-0.15, -0.1) is 10.2 Å². The molecular formula is C15H23N5O2S. The molecule has 0 saturated heterocycles. The first-order valence-corrected chi connectivity index (χ1v) is 8.94. The Balaban J connectivity index is 2.04. The Bertz CT molecular complexity index is 753. The minimum absolute atomic E-state index is 0.242. The molecule has 0 aliphatic rings. The number of nitrogens with zero attached hydrogens (tertiary/aromatic N) is 4. The van der Waals surface area contributed by atoms with Gasteiger partial charge in [0.1, 0.15) is 12.2 Å². The third-order valence-electron chi connectivity index (χ3n) is 3.45. The quantitative estimate of drug-likeness (QED) is 0.827. The molecule has 0 aliphatic heterocycles. The lowest BCUT2D eigenvalue weighted by Gasteiger charge is -2.14. The minimum atomic E-state index is -3.53. The van der Waals surface area contributed by atoms with Gasteiger partial charge in [-0.25, -0.2) is 13.1 Å². The monoisotopic (exact) mass is 337 g/mol. The molecule has 0 aliphatic carbocycles. The van der Waals surface area contributed by atoms with Crippen molar-refractivity contribution in [2.75, 3.05) is 25.5 Å². The zero-order valence-corrected chi connectivity index (χ0v) is 14.7. The first kappa shape index (κ1) is 17.4. The highest BCUT2D eigenvalue weighted by atomic mass is 32.2. The summed E-state index contributed by atoms with van der Waals surface area (Å²) < 4.78 is 29.3. The van der Waals surface area contributed by atoms with Gasteiger partial charge in [0.25, 0.3) is 0 Å². The van der Waals surface area contributed by atoms with E-state index in [1.165, 1.54) is 0 Å². The molecule has 23 heavy (non-hydrogen) atoms. The summed E-state index contributed by atoms with van der Waals surface area (Å²) in [7, 11) is 0.214. The molecule has 7 nitrogen and oxygen atoms in total. The van der Waals surface area contributed by atoms with Gasteiger partial charge in [0, 0.05) is 38.8 Å². The fraction of sp³-hybridized carbons (Fsp3) is 0.467. The summed E-state index contributed by atoms with van der Waals surface area (Å²) in [6.07, 6.45) is 1.62. The van der Waals surface area contributed by atoms with Gasteiger partial charge in [0.05, 0.1) is 4.90 Å². The molecule has 2 rings (SSSR count). The predicted molar refractivity (Wildman–Crippen MR) is 90.1 cm³/mol. The Kier molecular flexibility index (Phi) is 5.38. The molecule has 1 heterocycles. The lowest BCUT2D eigenvalue weighted by atomic mass is 10.2. The SMILES string of the molecule is CC(C)c1nncn1CCNS(=O)(=O)c1cccc(N(C)C)c1. The summed E-state index contributed by atoms with van der Waals surface area (Å²) in [6, 6.07) is 6.85. The molecule has 0 atom stereocenters. The summed E-state index contributed by atoms with van der Waals surface area (Å²) in [5, 5.41) is 7.93. The second kappa shape index (κ2) is 7.10. The number of hydrogen-bond donors (Lipinski definition) is 1. The summed E-state index contributed by atoms with van der Waals surface area (Å²) in [5.74, 6) is 1.09. The summed E-state index contributed by atoms with van der Waals surface area (Å²) in [6.45, 7) is 4.83. The van der Waals surface area contributed by atoms with Crippen LogP contribution in [0.4, 0.5) is 5.69 Å². The standard InChI is InChI=1S/C15H23N5O2S/c1-12(2)15-18-16-11-20(15)9-8-17-23(21,22)14-7-5-6-13(10-14)19(3)4/h5-7,10-12,17H,8-9H2,1-4H3. The van der Waals surface area contributed by atoms with Crippen LogP contribution in [0.2, 0.25) is 0 Å². The van der Waals surface area contributed by atoms with E-state index in [9.17, 15) is 8.42 Å². The van der Waals surface area contributed by atoms with Gasteiger partial charge in [0.15, 0.2) is 0 Å². The molecule has 126 valence electrons. The molecule has 0 amide bonds. The summed E-state index contributed by atoms with van der Waals surface area (Å²) in [5.41, 5.74) is 0.841. The maximum Gasteiger partial charge on any atom is 0.240 e. The van der Waals surface area contributed by atoms with Crippen LogP contribution in [0, 0.1) is 0 Å². The highest BCUT2D eigenvalue weighted by Gasteiger charge is 2.15. The van der Waals surface area contributed by atoms with Crippen LogP contribution < -0.4 is 9.62 Å². The lowest BCUT2D eigenvalue weighted by Crippen LogP contribution is -2.28. The first-order chi connectivity index (χ1) is 10.8. The molecule has 0 bridgehead atoms. The number of rotatable bonds is 7. The topological polar surface area (TPSA) is 80.1 Å². The Hall–Kier alpha value is -1.93. The van der Waals surface area contributed by atoms with E-state index in [1.54, 1.807) is 24.5 Å². The maximum atomic E-state index is 12.4. The van der Waals surface area contributed by atoms with Crippen molar-refractivity contribution in [1.29, 1.82) is 0 Å². The first-order valence-electron chi connectivity index (χ1n) is 7.46. The van der Waals surface area contributed by atoms with Crippen LogP contribution in [0.25, 0.3) is 0 Å². The Morgan fingerprint density at radius 2 is 2.04 bits per heavy atom. The van der Waals surface area contributed by atoms with Crippen molar-refractivity contribution in [2.24, 2.45) is 0 Å². The van der Waals surface area contributed by atoms with Gasteiger partial charge < -0.3 is 9.47 Å². The predicted octanol–water partition coefficient (Wildman–Crippen LogP) is 1.45. The number of benzene rings is 1. The number of hydrogen-bond acceptors (Lipinski definition) is 5. The van der Waals surface area contributed by atoms with Gasteiger partial charge in [-0.05, 0) is 18.2 Å². The molecule has 1 aromatic heterocycles. The van der Waals surface area contributed by atoms with E-state index in [2.05, 4.69) is 14.9 Å². The van der Waals surface area contributed by atoms with Gasteiger partial charge in [-0.1, -0.05) is 19.9 Å². The van der Waals surface area contributed by atoms with Crippen LogP contribution in [0.3, 0.4) is 0 Å². The van der Waals surface area contributed by atoms with Crippen molar-refractivity contribution in [3.05, 3.63) is 36.4 Å². The Labute approximate surface area is 137 Å². The van der Waals surface area contributed by atoms with E-state index < -0.39 is 10.0 Å². The smallest absolute Gasteiger partial charge is 0.240 e. The second-order valence-electron chi connectivity index (χ2n) is 5.83. The highest BCUT2D eigenvalue weighted by Crippen LogP contribution is 2.17. The van der Waals surface area contributed by atoms with Crippen molar-refractivity contribution in [2.45, 2.75) is 31.2 Å². The van der Waals surface area contributed by atoms with Crippen molar-refractivity contribution in [3.63, 3.8) is 0 Å². The molecule has 0 radical (unpaired) electrons. The number of nitrogens with one attached hydrogen (secondary N) is 1. The van der Waals surface area contributed by atoms with Gasteiger partial charge >= 0.3 is 0 Å². The summed E-state index contributed by atoms with van der Waals surface area (Å²) in [4.78, 5) is 2.13. The lowest BCUT2D eigenvalue weighted by molar-refractivity contribution is 0.565. The van der Waals surface area contributed by atoms with Crippen molar-refractivity contribution in [1.82, 2.24) is 19.5 Å². The third kappa shape index (κ3) is 4.29. The molecular weight excluding hydrogens is 314 g/mol. The van der Waals surface area contributed by atoms with Crippen molar-refractivity contribution >= 4 is 15.7 Å². The van der Waals surface area contributed by atoms with Gasteiger partial charge in [-0.3, -0.25) is 0 Å². The van der Waals surface area contributed by atoms with E-state index in [0.717, 1.165) is 11.5 Å². The molecule has 2 aromatic rings. The average Bonchev–Trinajstić information content (AvgIpc) is 2.96. The largest absolute Gasteiger partial charge is 0.378 e. The van der Waals surface area contributed by atoms with E-state index in [0.29, 0.717) is 6.54 Å². The number of aromatic nitrogens is 3. The van der Waals surface area contributed by atoms with E-state index in [1.807, 2.05) is 43.5 Å². The van der Waals surface area contributed by atoms with Crippen LogP contribution in [-0.2, 0) is 16.6 Å². The fourth-order valence-corrected chi connectivity index (χ4v) is 3.26. The summed E-state index contributed by atoms with van der Waals surface area (Å²) >= 11 is 0. The molecule has 1 aromatic carbocycles. The van der Waals surface area contributed by atoms with Crippen LogP contribution >= 0.6 is 0 Å². The number of sulfonamides is 1. The molecule has 0 spiro atoms. The highest BCUT2D eigenvalue weighted by molar-refractivity contribution is 7.89. The fourth-order valence-electron chi connectivity index (χ4n) is 2.20. The van der Waals surface area contributed by atoms with Crippen molar-refractivity contribution in [3.8, 4) is 0 Å². The zero-order valence-electron chi connectivity index (χ0n) is 13.9. The van der Waals surface area contributed by atoms with E-state index in [-0.39, 0.29) is 17.4 Å². The van der Waals surface area contributed by atoms with Crippen LogP contribution in [0.5, 0.6) is 0 Å². The second-order valence-corrected chi connectivity index (χ2v) is 7.59.